The second kappa shape index (κ2) is 7.17. The molecular weight excluding hydrogens is 320 g/mol. The van der Waals surface area contributed by atoms with Crippen LogP contribution in [0.1, 0.15) is 16.1 Å². The highest BCUT2D eigenvalue weighted by Crippen LogP contribution is 2.08. The highest BCUT2D eigenvalue weighted by Gasteiger charge is 2.14. The van der Waals surface area contributed by atoms with E-state index in [2.05, 4.69) is 26.2 Å². The van der Waals surface area contributed by atoms with Gasteiger partial charge in [-0.25, -0.2) is 4.98 Å². The van der Waals surface area contributed by atoms with E-state index in [1.165, 1.54) is 0 Å². The highest BCUT2D eigenvalue weighted by atomic mass is 79.9. The maximum atomic E-state index is 12.0. The number of aliphatic hydroxyl groups excluding tert-OH is 1. The predicted octanol–water partition coefficient (Wildman–Crippen LogP) is 2.18. The molecule has 1 amide bonds. The molecule has 20 heavy (non-hydrogen) atoms. The van der Waals surface area contributed by atoms with E-state index in [0.29, 0.717) is 12.1 Å². The van der Waals surface area contributed by atoms with Crippen LogP contribution in [-0.2, 0) is 6.42 Å². The smallest absolute Gasteiger partial charge is 0.270 e. The Morgan fingerprint density at radius 3 is 2.60 bits per heavy atom. The zero-order chi connectivity index (χ0) is 14.4. The van der Waals surface area contributed by atoms with Gasteiger partial charge in [-0.05, 0) is 40.0 Å². The van der Waals surface area contributed by atoms with Gasteiger partial charge >= 0.3 is 0 Å². The number of pyridine rings is 1. The largest absolute Gasteiger partial charge is 0.394 e. The quantitative estimate of drug-likeness (QED) is 0.880. The van der Waals surface area contributed by atoms with Crippen molar-refractivity contribution in [2.24, 2.45) is 0 Å². The molecule has 1 atom stereocenters. The van der Waals surface area contributed by atoms with Gasteiger partial charge in [0.15, 0.2) is 0 Å². The Morgan fingerprint density at radius 1 is 1.25 bits per heavy atom. The highest BCUT2D eigenvalue weighted by molar-refractivity contribution is 9.10. The van der Waals surface area contributed by atoms with Gasteiger partial charge in [-0.2, -0.15) is 0 Å². The third kappa shape index (κ3) is 4.15. The molecule has 2 aromatic rings. The number of nitrogens with one attached hydrogen (secondary N) is 1. The minimum Gasteiger partial charge on any atom is -0.394 e. The van der Waals surface area contributed by atoms with Gasteiger partial charge < -0.3 is 10.4 Å². The molecule has 2 rings (SSSR count). The first-order chi connectivity index (χ1) is 9.69. The summed E-state index contributed by atoms with van der Waals surface area (Å²) in [5.41, 5.74) is 1.40. The van der Waals surface area contributed by atoms with E-state index < -0.39 is 0 Å². The summed E-state index contributed by atoms with van der Waals surface area (Å²) in [5, 5.41) is 12.2. The molecular formula is C15H15BrN2O2. The van der Waals surface area contributed by atoms with Gasteiger partial charge in [0.1, 0.15) is 5.69 Å². The minimum atomic E-state index is -0.324. The third-order valence-electron chi connectivity index (χ3n) is 2.84. The fourth-order valence-electron chi connectivity index (χ4n) is 1.83. The lowest BCUT2D eigenvalue weighted by atomic mass is 10.1. The first-order valence-corrected chi connectivity index (χ1v) is 7.05. The molecule has 1 aromatic carbocycles. The summed E-state index contributed by atoms with van der Waals surface area (Å²) in [6.45, 7) is -0.114. The zero-order valence-electron chi connectivity index (χ0n) is 10.8. The molecule has 0 saturated heterocycles. The number of benzene rings is 1. The summed E-state index contributed by atoms with van der Waals surface area (Å²) < 4.78 is 0.817. The second-order valence-corrected chi connectivity index (χ2v) is 5.32. The van der Waals surface area contributed by atoms with Crippen LogP contribution < -0.4 is 5.32 Å². The maximum Gasteiger partial charge on any atom is 0.270 e. The van der Waals surface area contributed by atoms with E-state index in [-0.39, 0.29) is 18.6 Å². The Hall–Kier alpha value is -1.72. The lowest BCUT2D eigenvalue weighted by Crippen LogP contribution is -2.39. The van der Waals surface area contributed by atoms with Crippen molar-refractivity contribution in [3.05, 3.63) is 64.4 Å². The molecule has 0 spiro atoms. The number of carbonyl (C=O) groups excluding carboxylic acids is 1. The number of hydrogen-bond acceptors (Lipinski definition) is 3. The van der Waals surface area contributed by atoms with Gasteiger partial charge in [0.25, 0.3) is 5.91 Å². The molecule has 104 valence electrons. The van der Waals surface area contributed by atoms with Gasteiger partial charge in [-0.1, -0.05) is 30.3 Å². The van der Waals surface area contributed by atoms with Crippen LogP contribution in [0.4, 0.5) is 0 Å². The summed E-state index contributed by atoms with van der Waals surface area (Å²) in [6.07, 6.45) is 2.15. The molecule has 0 saturated carbocycles. The van der Waals surface area contributed by atoms with Crippen LogP contribution in [0, 0.1) is 0 Å². The van der Waals surface area contributed by atoms with E-state index in [0.717, 1.165) is 10.0 Å². The van der Waals surface area contributed by atoms with Crippen LogP contribution in [0.15, 0.2) is 53.1 Å². The first kappa shape index (κ1) is 14.7. The molecule has 0 aliphatic heterocycles. The number of carbonyl (C=O) groups is 1. The SMILES string of the molecule is O=C(N[C@@H](CO)Cc1ccccc1)c1ccc(Br)cn1. The van der Waals surface area contributed by atoms with Crippen molar-refractivity contribution in [3.63, 3.8) is 0 Å². The summed E-state index contributed by atoms with van der Waals surface area (Å²) in [5.74, 6) is -0.285. The molecule has 4 nitrogen and oxygen atoms in total. The summed E-state index contributed by atoms with van der Waals surface area (Å²) in [7, 11) is 0. The van der Waals surface area contributed by atoms with Crippen LogP contribution >= 0.6 is 15.9 Å². The van der Waals surface area contributed by atoms with Gasteiger partial charge in [0.05, 0.1) is 12.6 Å². The van der Waals surface area contributed by atoms with Crippen LogP contribution in [-0.4, -0.2) is 28.6 Å². The Bertz CT molecular complexity index is 558. The maximum absolute atomic E-state index is 12.0. The van der Waals surface area contributed by atoms with Crippen molar-refractivity contribution in [3.8, 4) is 0 Å². The standard InChI is InChI=1S/C15H15BrN2O2/c16-12-6-7-14(17-9-12)15(20)18-13(10-19)8-11-4-2-1-3-5-11/h1-7,9,13,19H,8,10H2,(H,18,20)/t13-/m1/s1. The summed E-state index contributed by atoms with van der Waals surface area (Å²) in [4.78, 5) is 16.0. The number of amides is 1. The van der Waals surface area contributed by atoms with E-state index in [1.54, 1.807) is 18.3 Å². The van der Waals surface area contributed by atoms with Crippen molar-refractivity contribution < 1.29 is 9.90 Å². The minimum absolute atomic E-state index is 0.114. The Kier molecular flexibility index (Phi) is 5.26. The lowest BCUT2D eigenvalue weighted by molar-refractivity contribution is 0.0911. The fourth-order valence-corrected chi connectivity index (χ4v) is 2.06. The van der Waals surface area contributed by atoms with Crippen molar-refractivity contribution >= 4 is 21.8 Å². The fraction of sp³-hybridized carbons (Fsp3) is 0.200. The van der Waals surface area contributed by atoms with Crippen LogP contribution in [0.25, 0.3) is 0 Å². The van der Waals surface area contributed by atoms with Gasteiger partial charge in [0, 0.05) is 10.7 Å². The number of nitrogens with zero attached hydrogens (tertiary/aromatic N) is 1. The van der Waals surface area contributed by atoms with Crippen LogP contribution in [0.2, 0.25) is 0 Å². The van der Waals surface area contributed by atoms with Crippen molar-refractivity contribution in [2.45, 2.75) is 12.5 Å². The second-order valence-electron chi connectivity index (χ2n) is 4.40. The normalized spacial score (nSPS) is 11.9. The molecule has 0 bridgehead atoms. The molecule has 0 aliphatic carbocycles. The van der Waals surface area contributed by atoms with Crippen LogP contribution in [0.3, 0.4) is 0 Å². The molecule has 0 fully saturated rings. The average molecular weight is 335 g/mol. The molecule has 0 unspecified atom stereocenters. The number of rotatable bonds is 5. The van der Waals surface area contributed by atoms with Gasteiger partial charge in [-0.3, -0.25) is 4.79 Å². The van der Waals surface area contributed by atoms with Crippen molar-refractivity contribution in [1.82, 2.24) is 10.3 Å². The number of hydrogen-bond donors (Lipinski definition) is 2. The zero-order valence-corrected chi connectivity index (χ0v) is 12.4. The lowest BCUT2D eigenvalue weighted by Gasteiger charge is -2.16. The van der Waals surface area contributed by atoms with Crippen LogP contribution in [0.5, 0.6) is 0 Å². The first-order valence-electron chi connectivity index (χ1n) is 6.26. The summed E-state index contributed by atoms with van der Waals surface area (Å²) >= 11 is 3.27. The van der Waals surface area contributed by atoms with E-state index in [1.807, 2.05) is 30.3 Å². The van der Waals surface area contributed by atoms with Crippen molar-refractivity contribution in [2.75, 3.05) is 6.61 Å². The molecule has 1 aromatic heterocycles. The number of aliphatic hydroxyl groups is 1. The third-order valence-corrected chi connectivity index (χ3v) is 3.31. The van der Waals surface area contributed by atoms with E-state index in [4.69, 9.17) is 0 Å². The Balaban J connectivity index is 1.99. The number of halogens is 1. The molecule has 5 heteroatoms. The topological polar surface area (TPSA) is 62.2 Å². The van der Waals surface area contributed by atoms with E-state index >= 15 is 0 Å². The number of aromatic nitrogens is 1. The Labute approximate surface area is 126 Å². The van der Waals surface area contributed by atoms with Gasteiger partial charge in [-0.15, -0.1) is 0 Å². The molecule has 0 radical (unpaired) electrons. The summed E-state index contributed by atoms with van der Waals surface area (Å²) in [6, 6.07) is 12.8. The molecule has 2 N–H and O–H groups in total. The Morgan fingerprint density at radius 2 is 2.00 bits per heavy atom. The molecule has 1 heterocycles. The monoisotopic (exact) mass is 334 g/mol. The molecule has 0 aliphatic rings. The van der Waals surface area contributed by atoms with Crippen molar-refractivity contribution in [1.29, 1.82) is 0 Å². The average Bonchev–Trinajstić information content (AvgIpc) is 2.48. The van der Waals surface area contributed by atoms with Gasteiger partial charge in [0.2, 0.25) is 0 Å². The van der Waals surface area contributed by atoms with E-state index in [9.17, 15) is 9.90 Å². The predicted molar refractivity (Wildman–Crippen MR) is 80.4 cm³/mol.